The van der Waals surface area contributed by atoms with Gasteiger partial charge in [-0.25, -0.2) is 0 Å². The van der Waals surface area contributed by atoms with Gasteiger partial charge in [0, 0.05) is 5.92 Å². The fraction of sp³-hybridized carbons (Fsp3) is 0.533. The molecule has 1 fully saturated rings. The maximum atomic E-state index is 12.3. The highest BCUT2D eigenvalue weighted by Crippen LogP contribution is 2.33. The van der Waals surface area contributed by atoms with Crippen molar-refractivity contribution in [2.75, 3.05) is 11.9 Å². The van der Waals surface area contributed by atoms with Crippen LogP contribution in [0, 0.1) is 11.8 Å². The van der Waals surface area contributed by atoms with Gasteiger partial charge in [-0.3, -0.25) is 4.79 Å². The Morgan fingerprint density at radius 3 is 2.95 bits per heavy atom. The molecule has 2 unspecified atom stereocenters. The van der Waals surface area contributed by atoms with Crippen molar-refractivity contribution in [1.29, 1.82) is 0 Å². The van der Waals surface area contributed by atoms with E-state index < -0.39 is 0 Å². The van der Waals surface area contributed by atoms with Crippen LogP contribution in [0.5, 0.6) is 5.75 Å². The van der Waals surface area contributed by atoms with E-state index in [1.165, 1.54) is 0 Å². The van der Waals surface area contributed by atoms with Crippen molar-refractivity contribution in [3.8, 4) is 5.75 Å². The molecule has 104 valence electrons. The first-order valence-electron chi connectivity index (χ1n) is 6.98. The molecule has 0 saturated heterocycles. The first-order chi connectivity index (χ1) is 9.15. The zero-order valence-electron chi connectivity index (χ0n) is 11.4. The van der Waals surface area contributed by atoms with Gasteiger partial charge in [0.05, 0.1) is 5.69 Å². The highest BCUT2D eigenvalue weighted by atomic mass is 16.3. The molecule has 0 aromatic heterocycles. The third kappa shape index (κ3) is 3.07. The van der Waals surface area contributed by atoms with Gasteiger partial charge in [-0.2, -0.15) is 0 Å². The van der Waals surface area contributed by atoms with Crippen LogP contribution in [0.25, 0.3) is 0 Å². The molecule has 1 aromatic carbocycles. The van der Waals surface area contributed by atoms with E-state index >= 15 is 0 Å². The lowest BCUT2D eigenvalue weighted by Crippen LogP contribution is -2.29. The number of phenolic OH excluding ortho intramolecular Hbond substituents is 1. The molecule has 4 nitrogen and oxygen atoms in total. The summed E-state index contributed by atoms with van der Waals surface area (Å²) in [5, 5.41) is 12.7. The van der Waals surface area contributed by atoms with Crippen LogP contribution in [0.2, 0.25) is 0 Å². The monoisotopic (exact) mass is 262 g/mol. The number of hydrogen-bond acceptors (Lipinski definition) is 3. The number of nitrogens with one attached hydrogen (secondary N) is 1. The van der Waals surface area contributed by atoms with Crippen molar-refractivity contribution in [1.82, 2.24) is 0 Å². The van der Waals surface area contributed by atoms with Crippen LogP contribution in [0.3, 0.4) is 0 Å². The minimum Gasteiger partial charge on any atom is -0.506 e. The Morgan fingerprint density at radius 2 is 2.26 bits per heavy atom. The number of aromatic hydroxyl groups is 1. The first-order valence-corrected chi connectivity index (χ1v) is 6.98. The Labute approximate surface area is 114 Å². The second kappa shape index (κ2) is 6.06. The second-order valence-corrected chi connectivity index (χ2v) is 5.23. The summed E-state index contributed by atoms with van der Waals surface area (Å²) in [4.78, 5) is 12.3. The molecule has 1 aromatic rings. The van der Waals surface area contributed by atoms with E-state index in [2.05, 4.69) is 5.32 Å². The summed E-state index contributed by atoms with van der Waals surface area (Å²) >= 11 is 0. The largest absolute Gasteiger partial charge is 0.506 e. The van der Waals surface area contributed by atoms with Crippen molar-refractivity contribution < 1.29 is 9.90 Å². The summed E-state index contributed by atoms with van der Waals surface area (Å²) in [7, 11) is 0. The Bertz CT molecular complexity index is 459. The lowest BCUT2D eigenvalue weighted by molar-refractivity contribution is -0.120. The first kappa shape index (κ1) is 13.9. The minimum atomic E-state index is -0.0188. The molecule has 0 heterocycles. The third-order valence-electron chi connectivity index (χ3n) is 4.03. The van der Waals surface area contributed by atoms with Gasteiger partial charge in [-0.15, -0.1) is 0 Å². The molecule has 2 atom stereocenters. The van der Waals surface area contributed by atoms with Crippen molar-refractivity contribution in [2.24, 2.45) is 17.6 Å². The molecule has 0 spiro atoms. The fourth-order valence-corrected chi connectivity index (χ4v) is 2.79. The Kier molecular flexibility index (Phi) is 4.43. The maximum absolute atomic E-state index is 12.3. The molecular formula is C15H22N2O2. The summed E-state index contributed by atoms with van der Waals surface area (Å²) < 4.78 is 0. The Morgan fingerprint density at radius 1 is 1.47 bits per heavy atom. The van der Waals surface area contributed by atoms with Crippen molar-refractivity contribution >= 4 is 11.6 Å². The molecule has 1 amide bonds. The summed E-state index contributed by atoms with van der Waals surface area (Å²) in [6, 6.07) is 5.33. The van der Waals surface area contributed by atoms with Crippen LogP contribution in [-0.4, -0.2) is 17.6 Å². The van der Waals surface area contributed by atoms with Crippen LogP contribution in [0.1, 0.15) is 31.7 Å². The average Bonchev–Trinajstić information content (AvgIpc) is 2.89. The number of carbonyl (C=O) groups is 1. The Hall–Kier alpha value is -1.55. The third-order valence-corrected chi connectivity index (χ3v) is 4.03. The lowest BCUT2D eigenvalue weighted by atomic mass is 9.95. The van der Waals surface area contributed by atoms with Gasteiger partial charge < -0.3 is 16.2 Å². The number of hydrogen-bond donors (Lipinski definition) is 3. The van der Waals surface area contributed by atoms with Crippen molar-refractivity contribution in [2.45, 2.75) is 32.6 Å². The standard InChI is InChI=1S/C15H22N2O2/c1-2-10-6-7-14(18)13(8-10)17-15(19)12-5-3-4-11(12)9-16/h6-8,11-12,18H,2-5,9,16H2,1H3,(H,17,19). The fourth-order valence-electron chi connectivity index (χ4n) is 2.79. The van der Waals surface area contributed by atoms with Crippen molar-refractivity contribution in [3.63, 3.8) is 0 Å². The molecule has 4 N–H and O–H groups in total. The molecule has 1 aliphatic rings. The van der Waals surface area contributed by atoms with E-state index in [1.807, 2.05) is 19.1 Å². The van der Waals surface area contributed by atoms with Crippen molar-refractivity contribution in [3.05, 3.63) is 23.8 Å². The number of nitrogens with two attached hydrogens (primary N) is 1. The lowest BCUT2D eigenvalue weighted by Gasteiger charge is -2.18. The van der Waals surface area contributed by atoms with Gasteiger partial charge in [0.15, 0.2) is 0 Å². The number of rotatable bonds is 4. The molecular weight excluding hydrogens is 240 g/mol. The summed E-state index contributed by atoms with van der Waals surface area (Å²) in [6.07, 6.45) is 3.84. The van der Waals surface area contributed by atoms with Crippen LogP contribution in [0.15, 0.2) is 18.2 Å². The Balaban J connectivity index is 2.10. The molecule has 0 aliphatic heterocycles. The zero-order valence-corrected chi connectivity index (χ0v) is 11.4. The normalized spacial score (nSPS) is 22.4. The highest BCUT2D eigenvalue weighted by Gasteiger charge is 2.32. The van der Waals surface area contributed by atoms with E-state index in [1.54, 1.807) is 6.07 Å². The number of benzene rings is 1. The van der Waals surface area contributed by atoms with Gasteiger partial charge in [-0.1, -0.05) is 19.4 Å². The molecule has 19 heavy (non-hydrogen) atoms. The molecule has 4 heteroatoms. The molecule has 2 rings (SSSR count). The van der Waals surface area contributed by atoms with E-state index in [-0.39, 0.29) is 23.5 Å². The SMILES string of the molecule is CCc1ccc(O)c(NC(=O)C2CCCC2CN)c1. The zero-order chi connectivity index (χ0) is 13.8. The van der Waals surface area contributed by atoms with E-state index in [4.69, 9.17) is 5.73 Å². The van der Waals surface area contributed by atoms with Crippen LogP contribution in [-0.2, 0) is 11.2 Å². The molecule has 0 radical (unpaired) electrons. The number of phenols is 1. The number of amides is 1. The highest BCUT2D eigenvalue weighted by molar-refractivity contribution is 5.94. The van der Waals surface area contributed by atoms with E-state index in [0.29, 0.717) is 12.2 Å². The maximum Gasteiger partial charge on any atom is 0.227 e. The van der Waals surface area contributed by atoms with Crippen LogP contribution >= 0.6 is 0 Å². The van der Waals surface area contributed by atoms with Gasteiger partial charge in [0.2, 0.25) is 5.91 Å². The van der Waals surface area contributed by atoms with Gasteiger partial charge >= 0.3 is 0 Å². The topological polar surface area (TPSA) is 75.3 Å². The average molecular weight is 262 g/mol. The predicted octanol–water partition coefficient (Wildman–Crippen LogP) is 2.27. The van der Waals surface area contributed by atoms with E-state index in [9.17, 15) is 9.90 Å². The summed E-state index contributed by atoms with van der Waals surface area (Å²) in [5.41, 5.74) is 7.30. The van der Waals surface area contributed by atoms with E-state index in [0.717, 1.165) is 31.2 Å². The quantitative estimate of drug-likeness (QED) is 0.729. The van der Waals surface area contributed by atoms with Crippen LogP contribution < -0.4 is 11.1 Å². The number of carbonyl (C=O) groups excluding carboxylic acids is 1. The van der Waals surface area contributed by atoms with Gasteiger partial charge in [0.25, 0.3) is 0 Å². The van der Waals surface area contributed by atoms with Gasteiger partial charge in [0.1, 0.15) is 5.75 Å². The summed E-state index contributed by atoms with van der Waals surface area (Å²) in [6.45, 7) is 2.60. The van der Waals surface area contributed by atoms with Crippen LogP contribution in [0.4, 0.5) is 5.69 Å². The molecule has 1 saturated carbocycles. The number of aryl methyl sites for hydroxylation is 1. The van der Waals surface area contributed by atoms with Gasteiger partial charge in [-0.05, 0) is 49.4 Å². The predicted molar refractivity (Wildman–Crippen MR) is 76.0 cm³/mol. The molecule has 1 aliphatic carbocycles. The summed E-state index contributed by atoms with van der Waals surface area (Å²) in [5.74, 6) is 0.357. The smallest absolute Gasteiger partial charge is 0.227 e. The number of anilines is 1. The second-order valence-electron chi connectivity index (χ2n) is 5.23. The minimum absolute atomic E-state index is 0.0171. The molecule has 0 bridgehead atoms.